The van der Waals surface area contributed by atoms with Crippen molar-refractivity contribution in [1.29, 1.82) is 5.26 Å². The number of aryl methyl sites for hydroxylation is 2. The van der Waals surface area contributed by atoms with E-state index in [-0.39, 0.29) is 5.56 Å². The highest BCUT2D eigenvalue weighted by atomic mass is 16.1. The number of hydrogen-bond donors (Lipinski definition) is 0. The molecule has 1 heterocycles. The van der Waals surface area contributed by atoms with E-state index in [1.807, 2.05) is 66.1 Å². The van der Waals surface area contributed by atoms with E-state index in [0.717, 1.165) is 47.2 Å². The first-order valence-corrected chi connectivity index (χ1v) is 9.41. The Kier molecular flexibility index (Phi) is 5.88. The molecule has 0 fully saturated rings. The number of nitrogens with zero attached hydrogens (tertiary/aromatic N) is 2. The van der Waals surface area contributed by atoms with Crippen molar-refractivity contribution >= 4 is 0 Å². The van der Waals surface area contributed by atoms with Crippen LogP contribution in [0.1, 0.15) is 42.1 Å². The monoisotopic (exact) mass is 356 g/mol. The van der Waals surface area contributed by atoms with Crippen LogP contribution in [-0.4, -0.2) is 4.57 Å². The van der Waals surface area contributed by atoms with Gasteiger partial charge in [-0.15, -0.1) is 0 Å². The summed E-state index contributed by atoms with van der Waals surface area (Å²) in [6, 6.07) is 22.0. The predicted molar refractivity (Wildman–Crippen MR) is 110 cm³/mol. The normalized spacial score (nSPS) is 10.6. The third-order valence-corrected chi connectivity index (χ3v) is 4.89. The summed E-state index contributed by atoms with van der Waals surface area (Å²) in [5, 5.41) is 9.30. The second-order valence-corrected chi connectivity index (χ2v) is 6.86. The van der Waals surface area contributed by atoms with Crippen LogP contribution in [0.15, 0.2) is 65.5 Å². The van der Waals surface area contributed by atoms with Crippen LogP contribution in [0.3, 0.4) is 0 Å². The fourth-order valence-corrected chi connectivity index (χ4v) is 3.28. The molecule has 0 amide bonds. The van der Waals surface area contributed by atoms with E-state index >= 15 is 0 Å². The van der Waals surface area contributed by atoms with Crippen LogP contribution >= 0.6 is 0 Å². The van der Waals surface area contributed by atoms with Crippen molar-refractivity contribution in [3.63, 3.8) is 0 Å². The van der Waals surface area contributed by atoms with Crippen molar-refractivity contribution in [3.05, 3.63) is 93.4 Å². The van der Waals surface area contributed by atoms with Gasteiger partial charge in [0.1, 0.15) is 0 Å². The summed E-state index contributed by atoms with van der Waals surface area (Å²) in [4.78, 5) is 12.7. The molecule has 2 aromatic carbocycles. The molecule has 0 aliphatic carbocycles. The van der Waals surface area contributed by atoms with Gasteiger partial charge in [0.2, 0.25) is 0 Å². The van der Waals surface area contributed by atoms with E-state index < -0.39 is 0 Å². The van der Waals surface area contributed by atoms with Crippen molar-refractivity contribution in [1.82, 2.24) is 4.57 Å². The third kappa shape index (κ3) is 4.17. The lowest BCUT2D eigenvalue weighted by atomic mass is 9.99. The minimum absolute atomic E-state index is 0.0857. The average Bonchev–Trinajstić information content (AvgIpc) is 2.71. The van der Waals surface area contributed by atoms with Crippen LogP contribution in [0.25, 0.3) is 11.1 Å². The summed E-state index contributed by atoms with van der Waals surface area (Å²) in [7, 11) is 0. The van der Waals surface area contributed by atoms with Crippen LogP contribution in [0, 0.1) is 18.3 Å². The van der Waals surface area contributed by atoms with Crippen molar-refractivity contribution in [2.75, 3.05) is 0 Å². The number of rotatable bonds is 6. The summed E-state index contributed by atoms with van der Waals surface area (Å²) >= 11 is 0. The Morgan fingerprint density at radius 3 is 2.44 bits per heavy atom. The van der Waals surface area contributed by atoms with Crippen LogP contribution in [0.4, 0.5) is 0 Å². The van der Waals surface area contributed by atoms with Crippen LogP contribution < -0.4 is 5.56 Å². The number of nitriles is 1. The first-order valence-electron chi connectivity index (χ1n) is 9.41. The summed E-state index contributed by atoms with van der Waals surface area (Å²) in [5.74, 6) is 0. The van der Waals surface area contributed by atoms with Gasteiger partial charge in [-0.25, -0.2) is 0 Å². The Morgan fingerprint density at radius 2 is 1.74 bits per heavy atom. The smallest absolute Gasteiger partial charge is 0.253 e. The molecule has 0 atom stereocenters. The Hall–Kier alpha value is -3.12. The zero-order valence-corrected chi connectivity index (χ0v) is 15.9. The van der Waals surface area contributed by atoms with Crippen LogP contribution in [0.5, 0.6) is 0 Å². The first kappa shape index (κ1) is 18.7. The van der Waals surface area contributed by atoms with Gasteiger partial charge in [-0.05, 0) is 48.6 Å². The van der Waals surface area contributed by atoms with Gasteiger partial charge in [-0.2, -0.15) is 5.26 Å². The predicted octanol–water partition coefficient (Wildman–Crippen LogP) is 5.09. The van der Waals surface area contributed by atoms with Gasteiger partial charge in [0.05, 0.1) is 18.2 Å². The van der Waals surface area contributed by atoms with Crippen molar-refractivity contribution in [2.45, 2.75) is 39.7 Å². The number of hydrogen-bond acceptors (Lipinski definition) is 2. The second-order valence-electron chi connectivity index (χ2n) is 6.86. The molecule has 0 saturated heterocycles. The van der Waals surface area contributed by atoms with E-state index in [0.29, 0.717) is 12.1 Å². The lowest BCUT2D eigenvalue weighted by molar-refractivity contribution is 0.663. The number of pyridine rings is 1. The largest absolute Gasteiger partial charge is 0.308 e. The van der Waals surface area contributed by atoms with E-state index in [1.165, 1.54) is 0 Å². The highest BCUT2D eigenvalue weighted by Gasteiger charge is 2.08. The summed E-state index contributed by atoms with van der Waals surface area (Å²) in [6.07, 6.45) is 3.10. The fraction of sp³-hybridized carbons (Fsp3) is 0.250. The molecule has 3 rings (SSSR count). The Labute approximate surface area is 160 Å². The van der Waals surface area contributed by atoms with Crippen molar-refractivity contribution in [3.8, 4) is 17.2 Å². The molecule has 0 saturated carbocycles. The molecule has 0 aliphatic heterocycles. The molecule has 3 nitrogen and oxygen atoms in total. The van der Waals surface area contributed by atoms with Gasteiger partial charge >= 0.3 is 0 Å². The van der Waals surface area contributed by atoms with Gasteiger partial charge in [-0.3, -0.25) is 4.79 Å². The SMILES string of the molecule is CCCCc1ccc(C)c(=O)n1Cc1ccc(-c2ccccc2C#N)cc1. The highest BCUT2D eigenvalue weighted by molar-refractivity contribution is 5.70. The lowest BCUT2D eigenvalue weighted by Gasteiger charge is -2.14. The lowest BCUT2D eigenvalue weighted by Crippen LogP contribution is -2.25. The number of unbranched alkanes of at least 4 members (excludes halogenated alkanes) is 1. The van der Waals surface area contributed by atoms with E-state index in [4.69, 9.17) is 0 Å². The molecule has 1 aromatic heterocycles. The molecule has 0 bridgehead atoms. The molecule has 0 unspecified atom stereocenters. The zero-order valence-electron chi connectivity index (χ0n) is 15.9. The number of aromatic nitrogens is 1. The third-order valence-electron chi connectivity index (χ3n) is 4.89. The van der Waals surface area contributed by atoms with E-state index in [1.54, 1.807) is 0 Å². The quantitative estimate of drug-likeness (QED) is 0.618. The Morgan fingerprint density at radius 1 is 1.00 bits per heavy atom. The molecule has 3 aromatic rings. The van der Waals surface area contributed by atoms with Crippen molar-refractivity contribution in [2.24, 2.45) is 0 Å². The minimum Gasteiger partial charge on any atom is -0.308 e. The molecular weight excluding hydrogens is 332 g/mol. The van der Waals surface area contributed by atoms with E-state index in [9.17, 15) is 10.1 Å². The van der Waals surface area contributed by atoms with Gasteiger partial charge in [0, 0.05) is 11.3 Å². The number of benzene rings is 2. The maximum absolute atomic E-state index is 12.7. The van der Waals surface area contributed by atoms with Gasteiger partial charge < -0.3 is 4.57 Å². The van der Waals surface area contributed by atoms with Crippen LogP contribution in [-0.2, 0) is 13.0 Å². The standard InChI is InChI=1S/C24H24N2O/c1-3-4-8-22-15-10-18(2)24(27)26(22)17-19-11-13-20(14-12-19)23-9-6-5-7-21(23)16-25/h5-7,9-15H,3-4,8,17H2,1-2H3. The maximum atomic E-state index is 12.7. The van der Waals surface area contributed by atoms with Gasteiger partial charge in [0.25, 0.3) is 5.56 Å². The molecule has 27 heavy (non-hydrogen) atoms. The maximum Gasteiger partial charge on any atom is 0.253 e. The molecule has 0 aliphatic rings. The highest BCUT2D eigenvalue weighted by Crippen LogP contribution is 2.23. The first-order chi connectivity index (χ1) is 13.1. The minimum atomic E-state index is 0.0857. The topological polar surface area (TPSA) is 45.8 Å². The molecule has 0 spiro atoms. The molecule has 136 valence electrons. The zero-order chi connectivity index (χ0) is 19.2. The molecule has 3 heteroatoms. The molecule has 0 radical (unpaired) electrons. The van der Waals surface area contributed by atoms with Gasteiger partial charge in [0.15, 0.2) is 0 Å². The summed E-state index contributed by atoms with van der Waals surface area (Å²) in [5.41, 5.74) is 5.64. The molecular formula is C24H24N2O. The Bertz CT molecular complexity index is 1020. The van der Waals surface area contributed by atoms with Crippen LogP contribution in [0.2, 0.25) is 0 Å². The second kappa shape index (κ2) is 8.51. The average molecular weight is 356 g/mol. The summed E-state index contributed by atoms with van der Waals surface area (Å²) < 4.78 is 1.89. The summed E-state index contributed by atoms with van der Waals surface area (Å²) in [6.45, 7) is 4.60. The Balaban J connectivity index is 1.91. The van der Waals surface area contributed by atoms with E-state index in [2.05, 4.69) is 19.1 Å². The molecule has 0 N–H and O–H groups in total. The van der Waals surface area contributed by atoms with Crippen molar-refractivity contribution < 1.29 is 0 Å². The van der Waals surface area contributed by atoms with Gasteiger partial charge in [-0.1, -0.05) is 61.9 Å². The fourth-order valence-electron chi connectivity index (χ4n) is 3.28.